The lowest BCUT2D eigenvalue weighted by Crippen LogP contribution is -2.55. The standard InChI is InChI=1S/C38H43ClO4.C38H41ClO3.C4H8O.CH3B/c1-4-33-26(3)37(42-24-28-12-8-6-9-13-28)38(43-25-29-14-10-7-11-15-29)35(36(33)40)30-18-21-34(39)31(23-30)22-27-16-19-32(20-17-27)41-5-2;1-4-31-24-35(32-18-21-36(39)33(23-32)22-28-16-19-34(20-17-28)40-5-2)38(42-26-30-14-10-7-11-15-30)37(27(31)3)41-25-29-12-8-6-9-13-29;1-2-4-5-3-1;1-2/h6-21,23,26,33,35-38,40H,4-5,22,24-25H2,1-3H3;6-21,23-24,27,31,37-38H,4-5,22,25-26H2,1-3H3;1-4H2;1H3/t26-,33-,35-,36+,37+,38+;27-,31+,37+,38+;;/m11../s1. The molecule has 0 spiro atoms. The van der Waals surface area contributed by atoms with Crippen molar-refractivity contribution in [2.24, 2.45) is 23.7 Å². The number of allylic oxidation sites excluding steroid dienone is 1. The lowest BCUT2D eigenvalue weighted by Gasteiger charge is -2.49. The SMILES string of the molecule is C1CCOC1.CCOc1ccc(Cc2cc(C3=C[C@H](CC)[C@@H](C)[C@H](OCc4ccccc4)[C@H]3OCc3ccccc3)ccc2Cl)cc1.CCOc1ccc(Cc2cc([C@@H]3[C@@H](O)[C@H](CC)[C@@H](C)[C@H](OCc4ccccc4)[C@H]3OCc3ccccc3)ccc2Cl)cc1.[B]C. The van der Waals surface area contributed by atoms with E-state index in [-0.39, 0.29) is 42.2 Å². The molecule has 1 heterocycles. The molecule has 8 aromatic rings. The maximum absolute atomic E-state index is 12.0. The van der Waals surface area contributed by atoms with Crippen molar-refractivity contribution >= 4 is 36.6 Å². The molecule has 2 radical (unpaired) electrons. The maximum Gasteiger partial charge on any atom is 0.119 e. The van der Waals surface area contributed by atoms with Crippen LogP contribution >= 0.6 is 23.2 Å². The van der Waals surface area contributed by atoms with E-state index in [1.54, 1.807) is 0 Å². The average Bonchev–Trinajstić information content (AvgIpc) is 0.894. The third-order valence-corrected chi connectivity index (χ3v) is 18.6. The summed E-state index contributed by atoms with van der Waals surface area (Å²) in [7, 11) is 4.50. The molecule has 92 heavy (non-hydrogen) atoms. The van der Waals surface area contributed by atoms with Crippen LogP contribution in [0.1, 0.15) is 129 Å². The van der Waals surface area contributed by atoms with Gasteiger partial charge in [-0.3, -0.25) is 0 Å². The van der Waals surface area contributed by atoms with E-state index in [0.29, 0.717) is 62.9 Å². The van der Waals surface area contributed by atoms with Gasteiger partial charge in [-0.05, 0) is 173 Å². The molecule has 8 nitrogen and oxygen atoms in total. The first-order valence-electron chi connectivity index (χ1n) is 33.2. The number of benzene rings is 8. The van der Waals surface area contributed by atoms with Crippen molar-refractivity contribution in [1.29, 1.82) is 0 Å². The van der Waals surface area contributed by atoms with E-state index in [1.165, 1.54) is 36.4 Å². The van der Waals surface area contributed by atoms with Gasteiger partial charge in [-0.25, -0.2) is 0 Å². The van der Waals surface area contributed by atoms with Crippen molar-refractivity contribution < 1.29 is 38.3 Å². The molecular formula is C81H95BCl2O8. The van der Waals surface area contributed by atoms with E-state index in [1.807, 2.05) is 105 Å². The number of hydrogen-bond donors (Lipinski definition) is 1. The van der Waals surface area contributed by atoms with Crippen LogP contribution in [0.2, 0.25) is 16.9 Å². The second-order valence-corrected chi connectivity index (χ2v) is 24.8. The first-order valence-corrected chi connectivity index (χ1v) is 34.0. The van der Waals surface area contributed by atoms with Crippen LogP contribution in [0.3, 0.4) is 0 Å². The van der Waals surface area contributed by atoms with E-state index in [9.17, 15) is 5.11 Å². The highest BCUT2D eigenvalue weighted by atomic mass is 35.5. The van der Waals surface area contributed by atoms with Crippen LogP contribution in [-0.2, 0) is 63.0 Å². The number of hydrogen-bond acceptors (Lipinski definition) is 8. The Morgan fingerprint density at radius 3 is 1.34 bits per heavy atom. The van der Waals surface area contributed by atoms with Crippen LogP contribution in [0.15, 0.2) is 212 Å². The molecule has 484 valence electrons. The zero-order chi connectivity index (χ0) is 65.0. The topological polar surface area (TPSA) is 84.8 Å². The van der Waals surface area contributed by atoms with Gasteiger partial charge < -0.3 is 38.3 Å². The highest BCUT2D eigenvalue weighted by molar-refractivity contribution is 6.31. The van der Waals surface area contributed by atoms with Crippen molar-refractivity contribution in [2.45, 2.75) is 150 Å². The summed E-state index contributed by atoms with van der Waals surface area (Å²) in [6.45, 7) is 19.7. The number of aliphatic hydroxyl groups excluding tert-OH is 1. The summed E-state index contributed by atoms with van der Waals surface area (Å²) >= 11 is 13.5. The van der Waals surface area contributed by atoms with Crippen LogP contribution < -0.4 is 9.47 Å². The molecule has 2 fully saturated rings. The predicted molar refractivity (Wildman–Crippen MR) is 378 cm³/mol. The smallest absolute Gasteiger partial charge is 0.119 e. The van der Waals surface area contributed by atoms with Crippen molar-refractivity contribution in [3.63, 3.8) is 0 Å². The van der Waals surface area contributed by atoms with E-state index in [2.05, 4.69) is 157 Å². The van der Waals surface area contributed by atoms with E-state index in [0.717, 1.165) is 93.5 Å². The Bertz CT molecular complexity index is 3380. The summed E-state index contributed by atoms with van der Waals surface area (Å²) in [5.41, 5.74) is 12.3. The Hall–Kier alpha value is -6.50. The van der Waals surface area contributed by atoms with Crippen LogP contribution in [0, 0.1) is 23.7 Å². The van der Waals surface area contributed by atoms with Gasteiger partial charge in [0.2, 0.25) is 0 Å². The van der Waals surface area contributed by atoms with E-state index < -0.39 is 6.10 Å². The minimum absolute atomic E-state index is 0.0626. The largest absolute Gasteiger partial charge is 0.494 e. The molecule has 1 saturated carbocycles. The molecule has 1 saturated heterocycles. The van der Waals surface area contributed by atoms with Crippen molar-refractivity contribution in [3.05, 3.63) is 278 Å². The van der Waals surface area contributed by atoms with Gasteiger partial charge in [0, 0.05) is 29.2 Å². The minimum atomic E-state index is -0.586. The van der Waals surface area contributed by atoms with Gasteiger partial charge in [0.15, 0.2) is 0 Å². The second kappa shape index (κ2) is 38.0. The van der Waals surface area contributed by atoms with E-state index in [4.69, 9.17) is 56.4 Å². The quantitative estimate of drug-likeness (QED) is 0.0599. The third-order valence-electron chi connectivity index (χ3n) is 17.9. The zero-order valence-electron chi connectivity index (χ0n) is 55.0. The lowest BCUT2D eigenvalue weighted by atomic mass is 9.66. The first kappa shape index (κ1) is 71.4. The number of ether oxygens (including phenoxy) is 7. The molecule has 10 atom stereocenters. The number of aliphatic hydroxyl groups is 1. The van der Waals surface area contributed by atoms with Gasteiger partial charge in [0.05, 0.1) is 71.9 Å². The summed E-state index contributed by atoms with van der Waals surface area (Å²) < 4.78 is 43.2. The van der Waals surface area contributed by atoms with Crippen molar-refractivity contribution in [3.8, 4) is 11.5 Å². The molecule has 3 aliphatic rings. The minimum Gasteiger partial charge on any atom is -0.494 e. The first-order chi connectivity index (χ1) is 45.0. The normalized spacial score (nSPS) is 21.7. The third kappa shape index (κ3) is 20.5. The second-order valence-electron chi connectivity index (χ2n) is 24.0. The van der Waals surface area contributed by atoms with E-state index >= 15 is 0 Å². The highest BCUT2D eigenvalue weighted by Gasteiger charge is 2.50. The molecule has 11 rings (SSSR count). The molecular weight excluding hydrogens is 1180 g/mol. The molecule has 0 amide bonds. The zero-order valence-corrected chi connectivity index (χ0v) is 56.5. The Labute approximate surface area is 561 Å². The van der Waals surface area contributed by atoms with Crippen LogP contribution in [-0.4, -0.2) is 69.9 Å². The van der Waals surface area contributed by atoms with Crippen molar-refractivity contribution in [1.82, 2.24) is 0 Å². The lowest BCUT2D eigenvalue weighted by molar-refractivity contribution is -0.178. The summed E-state index contributed by atoms with van der Waals surface area (Å²) in [5, 5.41) is 13.4. The van der Waals surface area contributed by atoms with Crippen LogP contribution in [0.5, 0.6) is 11.5 Å². The monoisotopic (exact) mass is 1280 g/mol. The van der Waals surface area contributed by atoms with Crippen molar-refractivity contribution in [2.75, 3.05) is 26.4 Å². The molecule has 0 bridgehead atoms. The summed E-state index contributed by atoms with van der Waals surface area (Å²) in [6, 6.07) is 70.2. The molecule has 1 aliphatic heterocycles. The van der Waals surface area contributed by atoms with Crippen LogP contribution in [0.25, 0.3) is 5.57 Å². The fourth-order valence-corrected chi connectivity index (χ4v) is 13.3. The Morgan fingerprint density at radius 2 is 0.902 bits per heavy atom. The summed E-state index contributed by atoms with van der Waals surface area (Å²) in [6.07, 6.45) is 6.83. The average molecular weight is 1280 g/mol. The predicted octanol–water partition coefficient (Wildman–Crippen LogP) is 19.2. The Kier molecular flexibility index (Phi) is 29.5. The maximum atomic E-state index is 12.0. The highest BCUT2D eigenvalue weighted by Crippen LogP contribution is 2.46. The molecule has 0 unspecified atom stereocenters. The fraction of sp³-hybridized carbons (Fsp3) is 0.383. The molecule has 2 aliphatic carbocycles. The summed E-state index contributed by atoms with van der Waals surface area (Å²) in [5.74, 6) is 2.32. The molecule has 8 aromatic carbocycles. The Balaban J connectivity index is 0.000000214. The molecule has 0 aromatic heterocycles. The van der Waals surface area contributed by atoms with Gasteiger partial charge in [-0.1, -0.05) is 234 Å². The van der Waals surface area contributed by atoms with Gasteiger partial charge in [-0.15, -0.1) is 0 Å². The molecule has 1 N–H and O–H groups in total. The van der Waals surface area contributed by atoms with Gasteiger partial charge in [0.1, 0.15) is 17.6 Å². The number of rotatable bonds is 24. The Morgan fingerprint density at radius 1 is 0.467 bits per heavy atom. The number of halogens is 2. The van der Waals surface area contributed by atoms with Gasteiger partial charge in [0.25, 0.3) is 0 Å². The summed E-state index contributed by atoms with van der Waals surface area (Å²) in [4.78, 5) is 0. The van der Waals surface area contributed by atoms with Gasteiger partial charge >= 0.3 is 0 Å². The van der Waals surface area contributed by atoms with Gasteiger partial charge in [-0.2, -0.15) is 0 Å². The van der Waals surface area contributed by atoms with Crippen LogP contribution in [0.4, 0.5) is 0 Å². The molecule has 11 heteroatoms. The fourth-order valence-electron chi connectivity index (χ4n) is 12.9.